The van der Waals surface area contributed by atoms with Crippen LogP contribution in [0.25, 0.3) is 0 Å². The summed E-state index contributed by atoms with van der Waals surface area (Å²) in [5.41, 5.74) is 0.646. The normalized spacial score (nSPS) is 25.1. The predicted octanol–water partition coefficient (Wildman–Crippen LogP) is 3.64. The molecule has 0 aromatic heterocycles. The highest BCUT2D eigenvalue weighted by Crippen LogP contribution is 2.45. The highest BCUT2D eigenvalue weighted by molar-refractivity contribution is 14.0. The zero-order chi connectivity index (χ0) is 13.1. The van der Waals surface area contributed by atoms with E-state index in [2.05, 4.69) is 17.1 Å². The van der Waals surface area contributed by atoms with Gasteiger partial charge in [-0.2, -0.15) is 0 Å². The molecule has 20 heavy (non-hydrogen) atoms. The van der Waals surface area contributed by atoms with Crippen LogP contribution in [0.5, 0.6) is 0 Å². The van der Waals surface area contributed by atoms with Crippen LogP contribution in [0.1, 0.15) is 58.3 Å². The Bertz CT molecular complexity index is 333. The fourth-order valence-electron chi connectivity index (χ4n) is 3.83. The number of nitrogens with zero attached hydrogens (tertiary/aromatic N) is 2. The number of nitrogens with one attached hydrogen (secondary N) is 1. The number of halogens is 1. The van der Waals surface area contributed by atoms with Gasteiger partial charge in [0.25, 0.3) is 0 Å². The molecule has 3 aliphatic rings. The Morgan fingerprint density at radius 3 is 2.65 bits per heavy atom. The van der Waals surface area contributed by atoms with Gasteiger partial charge in [-0.3, -0.25) is 4.99 Å². The number of hydrogen-bond donors (Lipinski definition) is 1. The monoisotopic (exact) mass is 391 g/mol. The SMILES string of the molecule is CCNC(=NCCC1CC1)N1CCC2(CCCC2)C1.I. The summed E-state index contributed by atoms with van der Waals surface area (Å²) >= 11 is 0. The highest BCUT2D eigenvalue weighted by Gasteiger charge is 2.41. The van der Waals surface area contributed by atoms with Crippen LogP contribution in [0, 0.1) is 11.3 Å². The molecule has 1 aliphatic heterocycles. The topological polar surface area (TPSA) is 27.6 Å². The largest absolute Gasteiger partial charge is 0.357 e. The van der Waals surface area contributed by atoms with Crippen molar-refractivity contribution < 1.29 is 0 Å². The van der Waals surface area contributed by atoms with Gasteiger partial charge in [-0.05, 0) is 43.9 Å². The molecule has 2 aliphatic carbocycles. The second-order valence-corrected chi connectivity index (χ2v) is 6.85. The summed E-state index contributed by atoms with van der Waals surface area (Å²) < 4.78 is 0. The highest BCUT2D eigenvalue weighted by atomic mass is 127. The second-order valence-electron chi connectivity index (χ2n) is 6.85. The van der Waals surface area contributed by atoms with Gasteiger partial charge < -0.3 is 10.2 Å². The molecule has 0 radical (unpaired) electrons. The first-order valence-electron chi connectivity index (χ1n) is 8.35. The van der Waals surface area contributed by atoms with E-state index in [4.69, 9.17) is 4.99 Å². The standard InChI is InChI=1S/C16H29N3.HI/c1-2-17-15(18-11-7-14-5-6-14)19-12-10-16(13-19)8-3-4-9-16;/h14H,2-13H2,1H3,(H,17,18);1H. The maximum atomic E-state index is 4.86. The maximum absolute atomic E-state index is 4.86. The molecule has 0 aromatic carbocycles. The van der Waals surface area contributed by atoms with E-state index in [0.29, 0.717) is 5.41 Å². The Morgan fingerprint density at radius 1 is 1.25 bits per heavy atom. The molecule has 2 saturated carbocycles. The zero-order valence-electron chi connectivity index (χ0n) is 12.9. The molecule has 1 spiro atoms. The molecule has 0 atom stereocenters. The number of guanidine groups is 1. The van der Waals surface area contributed by atoms with Gasteiger partial charge in [0.2, 0.25) is 0 Å². The van der Waals surface area contributed by atoms with Gasteiger partial charge in [0.1, 0.15) is 0 Å². The van der Waals surface area contributed by atoms with Gasteiger partial charge in [-0.25, -0.2) is 0 Å². The minimum atomic E-state index is 0. The third kappa shape index (κ3) is 4.01. The summed E-state index contributed by atoms with van der Waals surface area (Å²) in [7, 11) is 0. The van der Waals surface area contributed by atoms with Crippen LogP contribution in [-0.2, 0) is 0 Å². The van der Waals surface area contributed by atoms with Crippen LogP contribution in [0.3, 0.4) is 0 Å². The van der Waals surface area contributed by atoms with Crippen molar-refractivity contribution in [3.63, 3.8) is 0 Å². The Balaban J connectivity index is 0.00000147. The van der Waals surface area contributed by atoms with Gasteiger partial charge in [-0.1, -0.05) is 25.7 Å². The van der Waals surface area contributed by atoms with Crippen molar-refractivity contribution in [2.24, 2.45) is 16.3 Å². The second kappa shape index (κ2) is 7.32. The van der Waals surface area contributed by atoms with Crippen LogP contribution in [0.2, 0.25) is 0 Å². The summed E-state index contributed by atoms with van der Waals surface area (Å²) in [6, 6.07) is 0. The van der Waals surface area contributed by atoms with Crippen molar-refractivity contribution in [3.8, 4) is 0 Å². The molecule has 3 rings (SSSR count). The first-order chi connectivity index (χ1) is 9.31. The van der Waals surface area contributed by atoms with E-state index in [1.165, 1.54) is 70.4 Å². The summed E-state index contributed by atoms with van der Waals surface area (Å²) in [6.45, 7) is 6.66. The van der Waals surface area contributed by atoms with Gasteiger partial charge in [0.05, 0.1) is 0 Å². The number of hydrogen-bond acceptors (Lipinski definition) is 1. The van der Waals surface area contributed by atoms with E-state index in [-0.39, 0.29) is 24.0 Å². The van der Waals surface area contributed by atoms with Gasteiger partial charge in [0.15, 0.2) is 5.96 Å². The lowest BCUT2D eigenvalue weighted by molar-refractivity contribution is 0.309. The average Bonchev–Trinajstić information content (AvgIpc) is 2.98. The first kappa shape index (κ1) is 16.4. The molecule has 1 N–H and O–H groups in total. The quantitative estimate of drug-likeness (QED) is 0.450. The van der Waals surface area contributed by atoms with E-state index >= 15 is 0 Å². The zero-order valence-corrected chi connectivity index (χ0v) is 15.2. The summed E-state index contributed by atoms with van der Waals surface area (Å²) in [4.78, 5) is 7.39. The minimum Gasteiger partial charge on any atom is -0.357 e. The van der Waals surface area contributed by atoms with E-state index in [0.717, 1.165) is 19.0 Å². The van der Waals surface area contributed by atoms with Crippen molar-refractivity contribution in [1.29, 1.82) is 0 Å². The molecule has 3 fully saturated rings. The van der Waals surface area contributed by atoms with Gasteiger partial charge in [0, 0.05) is 26.2 Å². The third-order valence-electron chi connectivity index (χ3n) is 5.23. The summed E-state index contributed by atoms with van der Waals surface area (Å²) in [5, 5.41) is 3.50. The first-order valence-corrected chi connectivity index (χ1v) is 8.35. The Hall–Kier alpha value is 0. The van der Waals surface area contributed by atoms with Crippen molar-refractivity contribution >= 4 is 29.9 Å². The molecule has 116 valence electrons. The Kier molecular flexibility index (Phi) is 5.99. The molecule has 0 bridgehead atoms. The number of aliphatic imine (C=N–C) groups is 1. The number of likely N-dealkylation sites (tertiary alicyclic amines) is 1. The average molecular weight is 391 g/mol. The molecule has 0 amide bonds. The summed E-state index contributed by atoms with van der Waals surface area (Å²) in [5.74, 6) is 2.18. The fourth-order valence-corrected chi connectivity index (χ4v) is 3.83. The molecule has 0 aromatic rings. The molecule has 4 heteroatoms. The number of rotatable bonds is 4. The lowest BCUT2D eigenvalue weighted by Crippen LogP contribution is -2.41. The summed E-state index contributed by atoms with van der Waals surface area (Å²) in [6.07, 6.45) is 11.4. The van der Waals surface area contributed by atoms with Crippen molar-refractivity contribution in [3.05, 3.63) is 0 Å². The third-order valence-corrected chi connectivity index (χ3v) is 5.23. The van der Waals surface area contributed by atoms with Crippen molar-refractivity contribution in [2.45, 2.75) is 58.3 Å². The van der Waals surface area contributed by atoms with Gasteiger partial charge in [-0.15, -0.1) is 24.0 Å². The molecule has 3 nitrogen and oxygen atoms in total. The fraction of sp³-hybridized carbons (Fsp3) is 0.938. The predicted molar refractivity (Wildman–Crippen MR) is 95.8 cm³/mol. The van der Waals surface area contributed by atoms with Crippen molar-refractivity contribution in [1.82, 2.24) is 10.2 Å². The van der Waals surface area contributed by atoms with Crippen LogP contribution in [0.15, 0.2) is 4.99 Å². The lowest BCUT2D eigenvalue weighted by Gasteiger charge is -2.26. The molecule has 1 saturated heterocycles. The molecule has 1 heterocycles. The lowest BCUT2D eigenvalue weighted by atomic mass is 9.86. The maximum Gasteiger partial charge on any atom is 0.193 e. The Labute approximate surface area is 141 Å². The van der Waals surface area contributed by atoms with E-state index in [1.54, 1.807) is 0 Å². The van der Waals surface area contributed by atoms with Crippen LogP contribution in [0.4, 0.5) is 0 Å². The van der Waals surface area contributed by atoms with E-state index < -0.39 is 0 Å². The smallest absolute Gasteiger partial charge is 0.193 e. The molecule has 0 unspecified atom stereocenters. The molecular weight excluding hydrogens is 361 g/mol. The van der Waals surface area contributed by atoms with Crippen molar-refractivity contribution in [2.75, 3.05) is 26.2 Å². The van der Waals surface area contributed by atoms with E-state index in [1.807, 2.05) is 0 Å². The Morgan fingerprint density at radius 2 is 2.00 bits per heavy atom. The van der Waals surface area contributed by atoms with E-state index in [9.17, 15) is 0 Å². The van der Waals surface area contributed by atoms with Crippen LogP contribution >= 0.6 is 24.0 Å². The van der Waals surface area contributed by atoms with Crippen LogP contribution in [-0.4, -0.2) is 37.0 Å². The van der Waals surface area contributed by atoms with Crippen LogP contribution < -0.4 is 5.32 Å². The van der Waals surface area contributed by atoms with Gasteiger partial charge >= 0.3 is 0 Å². The minimum absolute atomic E-state index is 0. The molecular formula is C16H30IN3.